The normalized spacial score (nSPS) is 16.9. The van der Waals surface area contributed by atoms with E-state index in [0.29, 0.717) is 29.9 Å². The first-order valence-electron chi connectivity index (χ1n) is 9.36. The van der Waals surface area contributed by atoms with Crippen molar-refractivity contribution in [3.8, 4) is 23.0 Å². The molecule has 2 aromatic heterocycles. The number of amides is 1. The molecule has 31 heavy (non-hydrogen) atoms. The molecule has 1 N–H and O–H groups in total. The van der Waals surface area contributed by atoms with Gasteiger partial charge in [-0.1, -0.05) is 11.2 Å². The highest BCUT2D eigenvalue weighted by molar-refractivity contribution is 7.91. The van der Waals surface area contributed by atoms with Gasteiger partial charge in [0, 0.05) is 12.1 Å². The molecule has 4 rings (SSSR count). The minimum absolute atomic E-state index is 0.116. The minimum atomic E-state index is -3.74. The molecule has 1 fully saturated rings. The van der Waals surface area contributed by atoms with Crippen LogP contribution in [0.25, 0.3) is 11.5 Å². The van der Waals surface area contributed by atoms with Crippen molar-refractivity contribution in [1.82, 2.24) is 14.5 Å². The van der Waals surface area contributed by atoms with Gasteiger partial charge in [0.05, 0.1) is 14.2 Å². The summed E-state index contributed by atoms with van der Waals surface area (Å²) in [5, 5.41) is 12.0. The summed E-state index contributed by atoms with van der Waals surface area (Å²) in [4.78, 5) is 12.8. The van der Waals surface area contributed by atoms with Crippen molar-refractivity contribution >= 4 is 33.3 Å². The van der Waals surface area contributed by atoms with Crippen molar-refractivity contribution in [1.29, 1.82) is 0 Å². The lowest BCUT2D eigenvalue weighted by molar-refractivity contribution is -0.119. The van der Waals surface area contributed by atoms with Gasteiger partial charge in [0.25, 0.3) is 10.0 Å². The molecular formula is C19H20N4O6S2. The van der Waals surface area contributed by atoms with E-state index >= 15 is 0 Å². The van der Waals surface area contributed by atoms with Gasteiger partial charge in [-0.05, 0) is 42.5 Å². The summed E-state index contributed by atoms with van der Waals surface area (Å²) in [7, 11) is -0.692. The average molecular weight is 465 g/mol. The number of nitrogens with one attached hydrogen (secondary N) is 1. The monoisotopic (exact) mass is 464 g/mol. The minimum Gasteiger partial charge on any atom is -0.493 e. The fourth-order valence-corrected chi connectivity index (χ4v) is 6.14. The summed E-state index contributed by atoms with van der Waals surface area (Å²) >= 11 is 1.12. The fraction of sp³-hybridized carbons (Fsp3) is 0.316. The molecule has 0 spiro atoms. The van der Waals surface area contributed by atoms with Gasteiger partial charge >= 0.3 is 6.01 Å². The number of hydrogen-bond acceptors (Lipinski definition) is 9. The number of ether oxygens (including phenoxy) is 2. The van der Waals surface area contributed by atoms with E-state index in [2.05, 4.69) is 15.5 Å². The summed E-state index contributed by atoms with van der Waals surface area (Å²) in [5.41, 5.74) is 0.577. The first-order valence-corrected chi connectivity index (χ1v) is 11.7. The Balaban J connectivity index is 1.50. The second-order valence-corrected chi connectivity index (χ2v) is 9.74. The predicted molar refractivity (Wildman–Crippen MR) is 113 cm³/mol. The third kappa shape index (κ3) is 4.13. The molecule has 0 radical (unpaired) electrons. The topological polar surface area (TPSA) is 124 Å². The van der Waals surface area contributed by atoms with E-state index < -0.39 is 22.0 Å². The van der Waals surface area contributed by atoms with Crippen LogP contribution in [0, 0.1) is 0 Å². The summed E-state index contributed by atoms with van der Waals surface area (Å²) in [5.74, 6) is 0.697. The van der Waals surface area contributed by atoms with Crippen LogP contribution in [0.4, 0.5) is 6.01 Å². The van der Waals surface area contributed by atoms with Gasteiger partial charge in [-0.15, -0.1) is 16.4 Å². The first-order chi connectivity index (χ1) is 14.9. The van der Waals surface area contributed by atoms with Crippen molar-refractivity contribution in [2.75, 3.05) is 26.1 Å². The number of nitrogens with zero attached hydrogens (tertiary/aromatic N) is 3. The number of thiophene rings is 1. The van der Waals surface area contributed by atoms with Gasteiger partial charge in [-0.2, -0.15) is 4.31 Å². The van der Waals surface area contributed by atoms with Crippen molar-refractivity contribution in [2.45, 2.75) is 23.1 Å². The zero-order chi connectivity index (χ0) is 22.0. The molecule has 0 saturated carbocycles. The molecular weight excluding hydrogens is 444 g/mol. The number of benzene rings is 1. The average Bonchev–Trinajstić information content (AvgIpc) is 3.54. The Morgan fingerprint density at radius 2 is 2.03 bits per heavy atom. The molecule has 3 aromatic rings. The van der Waals surface area contributed by atoms with Crippen LogP contribution in [-0.2, 0) is 14.8 Å². The smallest absolute Gasteiger partial charge is 0.322 e. The Morgan fingerprint density at radius 1 is 1.23 bits per heavy atom. The second kappa shape index (κ2) is 8.65. The van der Waals surface area contributed by atoms with E-state index in [-0.39, 0.29) is 22.7 Å². The predicted octanol–water partition coefficient (Wildman–Crippen LogP) is 2.61. The van der Waals surface area contributed by atoms with E-state index in [1.54, 1.807) is 29.6 Å². The lowest BCUT2D eigenvalue weighted by atomic mass is 10.2. The molecule has 3 heterocycles. The number of anilines is 1. The van der Waals surface area contributed by atoms with Gasteiger partial charge in [-0.25, -0.2) is 8.42 Å². The van der Waals surface area contributed by atoms with Crippen LogP contribution < -0.4 is 14.8 Å². The third-order valence-electron chi connectivity index (χ3n) is 4.85. The molecule has 12 heteroatoms. The highest BCUT2D eigenvalue weighted by atomic mass is 32.2. The summed E-state index contributed by atoms with van der Waals surface area (Å²) in [6, 6.07) is 7.32. The quantitative estimate of drug-likeness (QED) is 0.566. The highest BCUT2D eigenvalue weighted by Gasteiger charge is 2.40. The van der Waals surface area contributed by atoms with Crippen molar-refractivity contribution < 1.29 is 27.1 Å². The molecule has 1 aliphatic heterocycles. The van der Waals surface area contributed by atoms with E-state index in [4.69, 9.17) is 13.9 Å². The molecule has 10 nitrogen and oxygen atoms in total. The van der Waals surface area contributed by atoms with Crippen LogP contribution in [0.15, 0.2) is 44.3 Å². The fourth-order valence-electron chi connectivity index (χ4n) is 3.36. The van der Waals surface area contributed by atoms with Crippen molar-refractivity contribution in [2.24, 2.45) is 0 Å². The zero-order valence-corrected chi connectivity index (χ0v) is 18.4. The number of aromatic nitrogens is 2. The molecule has 0 aliphatic carbocycles. The third-order valence-corrected chi connectivity index (χ3v) is 8.13. The maximum atomic E-state index is 12.8. The van der Waals surface area contributed by atoms with E-state index in [0.717, 1.165) is 11.3 Å². The number of carbonyl (C=O) groups is 1. The molecule has 1 aliphatic rings. The molecule has 164 valence electrons. The zero-order valence-electron chi connectivity index (χ0n) is 16.8. The van der Waals surface area contributed by atoms with E-state index in [1.165, 1.54) is 24.6 Å². The van der Waals surface area contributed by atoms with Gasteiger partial charge in [0.1, 0.15) is 10.3 Å². The van der Waals surface area contributed by atoms with Crippen LogP contribution in [0.5, 0.6) is 11.5 Å². The number of sulfonamides is 1. The highest BCUT2D eigenvalue weighted by Crippen LogP contribution is 2.33. The van der Waals surface area contributed by atoms with Crippen molar-refractivity contribution in [3.05, 3.63) is 35.7 Å². The van der Waals surface area contributed by atoms with Gasteiger partial charge in [0.15, 0.2) is 11.5 Å². The van der Waals surface area contributed by atoms with E-state index in [9.17, 15) is 13.2 Å². The van der Waals surface area contributed by atoms with Gasteiger partial charge in [-0.3, -0.25) is 10.1 Å². The van der Waals surface area contributed by atoms with Crippen LogP contribution in [-0.4, -0.2) is 55.6 Å². The Hall–Kier alpha value is -2.96. The Morgan fingerprint density at radius 3 is 2.74 bits per heavy atom. The van der Waals surface area contributed by atoms with Gasteiger partial charge < -0.3 is 13.9 Å². The Labute approximate surface area is 182 Å². The van der Waals surface area contributed by atoms with Crippen LogP contribution in [0.2, 0.25) is 0 Å². The lowest BCUT2D eigenvalue weighted by Gasteiger charge is -2.21. The van der Waals surface area contributed by atoms with E-state index in [1.807, 2.05) is 0 Å². The van der Waals surface area contributed by atoms with Gasteiger partial charge in [0.2, 0.25) is 11.8 Å². The number of carbonyl (C=O) groups excluding carboxylic acids is 1. The summed E-state index contributed by atoms with van der Waals surface area (Å²) in [6.07, 6.45) is 0.997. The SMILES string of the molecule is COc1ccc(-c2nnc(NC(=O)C3CCCN3S(=O)(=O)c3cccs3)o2)cc1OC. The number of methoxy groups -OCH3 is 2. The molecule has 0 bridgehead atoms. The lowest BCUT2D eigenvalue weighted by Crippen LogP contribution is -2.42. The second-order valence-electron chi connectivity index (χ2n) is 6.68. The summed E-state index contributed by atoms with van der Waals surface area (Å²) < 4.78 is 43.1. The number of rotatable bonds is 7. The van der Waals surface area contributed by atoms with Crippen LogP contribution in [0.3, 0.4) is 0 Å². The largest absolute Gasteiger partial charge is 0.493 e. The molecule has 1 saturated heterocycles. The van der Waals surface area contributed by atoms with Crippen molar-refractivity contribution in [3.63, 3.8) is 0 Å². The maximum absolute atomic E-state index is 12.8. The molecule has 1 aromatic carbocycles. The number of hydrogen-bond donors (Lipinski definition) is 1. The Bertz CT molecular complexity index is 1180. The van der Waals surface area contributed by atoms with Crippen LogP contribution in [0.1, 0.15) is 12.8 Å². The van der Waals surface area contributed by atoms with Crippen LogP contribution >= 0.6 is 11.3 Å². The Kier molecular flexibility index (Phi) is 5.94. The summed E-state index contributed by atoms with van der Waals surface area (Å²) in [6.45, 7) is 0.277. The molecule has 1 unspecified atom stereocenters. The first kappa shape index (κ1) is 21.3. The molecule has 1 amide bonds. The standard InChI is InChI=1S/C19H20N4O6S2/c1-27-14-8-7-12(11-15(14)28-2)18-21-22-19(29-18)20-17(24)13-5-3-9-23(13)31(25,26)16-6-4-10-30-16/h4,6-8,10-11,13H,3,5,9H2,1-2H3,(H,20,22,24). The maximum Gasteiger partial charge on any atom is 0.322 e. The molecule has 1 atom stereocenters.